The maximum absolute atomic E-state index is 10.8. The predicted molar refractivity (Wildman–Crippen MR) is 80.0 cm³/mol. The van der Waals surface area contributed by atoms with Gasteiger partial charge in [0.1, 0.15) is 12.0 Å². The van der Waals surface area contributed by atoms with Gasteiger partial charge in [0.2, 0.25) is 0 Å². The SMILES string of the molecule is O=[N+]([O-])c1cnc(N(CC2CCCN2)C2CC2)c(Br)c1. The van der Waals surface area contributed by atoms with Crippen LogP contribution in [0.25, 0.3) is 0 Å². The lowest BCUT2D eigenvalue weighted by Crippen LogP contribution is -2.39. The molecule has 7 heteroatoms. The molecule has 1 atom stereocenters. The van der Waals surface area contributed by atoms with Crippen LogP contribution in [-0.2, 0) is 0 Å². The Morgan fingerprint density at radius 1 is 1.50 bits per heavy atom. The summed E-state index contributed by atoms with van der Waals surface area (Å²) >= 11 is 3.43. The Bertz CT molecular complexity index is 515. The highest BCUT2D eigenvalue weighted by molar-refractivity contribution is 9.10. The largest absolute Gasteiger partial charge is 0.351 e. The van der Waals surface area contributed by atoms with Crippen LogP contribution in [-0.4, -0.2) is 35.1 Å². The van der Waals surface area contributed by atoms with Gasteiger partial charge in [-0.15, -0.1) is 0 Å². The van der Waals surface area contributed by atoms with Crippen LogP contribution in [0.5, 0.6) is 0 Å². The van der Waals surface area contributed by atoms with Gasteiger partial charge < -0.3 is 10.2 Å². The van der Waals surface area contributed by atoms with Crippen LogP contribution in [0.4, 0.5) is 11.5 Å². The van der Waals surface area contributed by atoms with Crippen LogP contribution in [0.1, 0.15) is 25.7 Å². The number of hydrogen-bond donors (Lipinski definition) is 1. The number of nitro groups is 1. The zero-order chi connectivity index (χ0) is 14.1. The van der Waals surface area contributed by atoms with Gasteiger partial charge in [-0.3, -0.25) is 10.1 Å². The Balaban J connectivity index is 1.81. The lowest BCUT2D eigenvalue weighted by atomic mass is 10.2. The summed E-state index contributed by atoms with van der Waals surface area (Å²) in [4.78, 5) is 17.0. The van der Waals surface area contributed by atoms with Crippen molar-refractivity contribution >= 4 is 27.4 Å². The van der Waals surface area contributed by atoms with Crippen molar-refractivity contribution in [2.45, 2.75) is 37.8 Å². The molecule has 2 fully saturated rings. The molecule has 1 N–H and O–H groups in total. The molecule has 0 bridgehead atoms. The standard InChI is InChI=1S/C13H17BrN4O2/c14-12-6-11(18(19)20)7-16-13(12)17(10-3-4-10)8-9-2-1-5-15-9/h6-7,9-10,15H,1-5,8H2. The topological polar surface area (TPSA) is 71.3 Å². The Hall–Kier alpha value is -1.21. The number of nitrogens with one attached hydrogen (secondary N) is 1. The number of pyridine rings is 1. The minimum atomic E-state index is -0.415. The van der Waals surface area contributed by atoms with Crippen molar-refractivity contribution < 1.29 is 4.92 Å². The highest BCUT2D eigenvalue weighted by Gasteiger charge is 2.33. The van der Waals surface area contributed by atoms with E-state index in [1.54, 1.807) is 6.07 Å². The predicted octanol–water partition coefficient (Wildman–Crippen LogP) is 2.47. The summed E-state index contributed by atoms with van der Waals surface area (Å²) in [7, 11) is 0. The molecule has 1 aromatic rings. The third-order valence-corrected chi connectivity index (χ3v) is 4.44. The molecular formula is C13H17BrN4O2. The number of halogens is 1. The number of nitrogens with zero attached hydrogens (tertiary/aromatic N) is 3. The molecule has 0 spiro atoms. The van der Waals surface area contributed by atoms with Crippen molar-refractivity contribution in [3.8, 4) is 0 Å². The first-order valence-corrected chi connectivity index (χ1v) is 7.74. The molecule has 1 unspecified atom stereocenters. The lowest BCUT2D eigenvalue weighted by Gasteiger charge is -2.27. The van der Waals surface area contributed by atoms with Crippen molar-refractivity contribution in [3.05, 3.63) is 26.9 Å². The molecule has 1 saturated carbocycles. The van der Waals surface area contributed by atoms with Gasteiger partial charge in [-0.05, 0) is 48.2 Å². The molecule has 0 radical (unpaired) electrons. The molecule has 1 aliphatic carbocycles. The van der Waals surface area contributed by atoms with Crippen molar-refractivity contribution in [1.82, 2.24) is 10.3 Å². The van der Waals surface area contributed by atoms with Crippen LogP contribution in [0.2, 0.25) is 0 Å². The van der Waals surface area contributed by atoms with Crippen molar-refractivity contribution in [2.75, 3.05) is 18.0 Å². The first-order chi connectivity index (χ1) is 9.65. The van der Waals surface area contributed by atoms with Crippen molar-refractivity contribution in [3.63, 3.8) is 0 Å². The van der Waals surface area contributed by atoms with E-state index in [1.165, 1.54) is 31.9 Å². The van der Waals surface area contributed by atoms with E-state index in [0.29, 0.717) is 16.6 Å². The van der Waals surface area contributed by atoms with Crippen LogP contribution in [0, 0.1) is 10.1 Å². The molecule has 1 aromatic heterocycles. The molecule has 2 aliphatic rings. The monoisotopic (exact) mass is 340 g/mol. The second kappa shape index (κ2) is 5.65. The smallest absolute Gasteiger partial charge is 0.288 e. The average molecular weight is 341 g/mol. The minimum absolute atomic E-state index is 0.0235. The van der Waals surface area contributed by atoms with E-state index < -0.39 is 4.92 Å². The van der Waals surface area contributed by atoms with Gasteiger partial charge in [0.05, 0.1) is 9.40 Å². The number of aromatic nitrogens is 1. The number of hydrogen-bond acceptors (Lipinski definition) is 5. The summed E-state index contributed by atoms with van der Waals surface area (Å²) in [6, 6.07) is 2.57. The van der Waals surface area contributed by atoms with E-state index >= 15 is 0 Å². The summed E-state index contributed by atoms with van der Waals surface area (Å²) in [5.74, 6) is 0.826. The van der Waals surface area contributed by atoms with Gasteiger partial charge in [0.25, 0.3) is 5.69 Å². The van der Waals surface area contributed by atoms with Crippen LogP contribution >= 0.6 is 15.9 Å². The molecule has 1 saturated heterocycles. The van der Waals surface area contributed by atoms with Gasteiger partial charge >= 0.3 is 0 Å². The molecule has 6 nitrogen and oxygen atoms in total. The highest BCUT2D eigenvalue weighted by atomic mass is 79.9. The van der Waals surface area contributed by atoms with Gasteiger partial charge in [-0.1, -0.05) is 0 Å². The molecule has 2 heterocycles. The summed E-state index contributed by atoms with van der Waals surface area (Å²) in [5, 5.41) is 14.3. The van der Waals surface area contributed by atoms with E-state index in [1.807, 2.05) is 0 Å². The summed E-state index contributed by atoms with van der Waals surface area (Å²) in [6.45, 7) is 2.01. The Labute approximate surface area is 125 Å². The van der Waals surface area contributed by atoms with E-state index in [9.17, 15) is 10.1 Å². The maximum atomic E-state index is 10.8. The van der Waals surface area contributed by atoms with Crippen molar-refractivity contribution in [2.24, 2.45) is 0 Å². The number of anilines is 1. The molecule has 20 heavy (non-hydrogen) atoms. The van der Waals surface area contributed by atoms with Gasteiger partial charge in [-0.25, -0.2) is 4.98 Å². The molecule has 1 aliphatic heterocycles. The van der Waals surface area contributed by atoms with E-state index in [2.05, 4.69) is 31.1 Å². The zero-order valence-corrected chi connectivity index (χ0v) is 12.7. The minimum Gasteiger partial charge on any atom is -0.351 e. The second-order valence-corrected chi connectivity index (χ2v) is 6.29. The molecule has 108 valence electrons. The Morgan fingerprint density at radius 3 is 2.85 bits per heavy atom. The summed E-state index contributed by atoms with van der Waals surface area (Å²) < 4.78 is 0.705. The Kier molecular flexibility index (Phi) is 3.89. The van der Waals surface area contributed by atoms with Crippen LogP contribution < -0.4 is 10.2 Å². The quantitative estimate of drug-likeness (QED) is 0.658. The fraction of sp³-hybridized carbons (Fsp3) is 0.615. The first kappa shape index (κ1) is 13.8. The van der Waals surface area contributed by atoms with Gasteiger partial charge in [0.15, 0.2) is 0 Å². The highest BCUT2D eigenvalue weighted by Crippen LogP contribution is 2.36. The fourth-order valence-corrected chi connectivity index (χ4v) is 3.24. The van der Waals surface area contributed by atoms with E-state index in [4.69, 9.17) is 0 Å². The summed E-state index contributed by atoms with van der Waals surface area (Å²) in [5.41, 5.74) is 0.0235. The molecule has 0 aromatic carbocycles. The van der Waals surface area contributed by atoms with Crippen LogP contribution in [0.3, 0.4) is 0 Å². The normalized spacial score (nSPS) is 21.9. The molecular weight excluding hydrogens is 324 g/mol. The van der Waals surface area contributed by atoms with Gasteiger partial charge in [0, 0.05) is 24.7 Å². The van der Waals surface area contributed by atoms with Gasteiger partial charge in [-0.2, -0.15) is 0 Å². The third kappa shape index (κ3) is 2.93. The first-order valence-electron chi connectivity index (χ1n) is 6.95. The Morgan fingerprint density at radius 2 is 2.30 bits per heavy atom. The average Bonchev–Trinajstić information content (AvgIpc) is 3.14. The fourth-order valence-electron chi connectivity index (χ4n) is 2.68. The third-order valence-electron chi connectivity index (χ3n) is 3.86. The number of rotatable bonds is 5. The molecule has 3 rings (SSSR count). The van der Waals surface area contributed by atoms with Crippen LogP contribution in [0.15, 0.2) is 16.7 Å². The van der Waals surface area contributed by atoms with E-state index in [-0.39, 0.29) is 5.69 Å². The second-order valence-electron chi connectivity index (χ2n) is 5.43. The lowest BCUT2D eigenvalue weighted by molar-refractivity contribution is -0.385. The van der Waals surface area contributed by atoms with Crippen molar-refractivity contribution in [1.29, 1.82) is 0 Å². The van der Waals surface area contributed by atoms with E-state index in [0.717, 1.165) is 18.9 Å². The molecule has 0 amide bonds. The summed E-state index contributed by atoms with van der Waals surface area (Å²) in [6.07, 6.45) is 6.11. The maximum Gasteiger partial charge on any atom is 0.288 e. The zero-order valence-electron chi connectivity index (χ0n) is 11.1.